The Kier molecular flexibility index (Phi) is 2.56. The van der Waals surface area contributed by atoms with E-state index < -0.39 is 6.10 Å². The van der Waals surface area contributed by atoms with Gasteiger partial charge in [0.15, 0.2) is 0 Å². The SMILES string of the molecule is Cc1ccccc1[C@H](O)C#CC1CC1. The van der Waals surface area contributed by atoms with Gasteiger partial charge in [-0.2, -0.15) is 0 Å². The van der Waals surface area contributed by atoms with Crippen molar-refractivity contribution in [1.82, 2.24) is 0 Å². The minimum Gasteiger partial charge on any atom is -0.376 e. The molecule has 0 saturated heterocycles. The summed E-state index contributed by atoms with van der Waals surface area (Å²) in [6, 6.07) is 7.84. The Labute approximate surface area is 84.8 Å². The van der Waals surface area contributed by atoms with Gasteiger partial charge in [-0.15, -0.1) is 0 Å². The molecule has 0 aromatic heterocycles. The second kappa shape index (κ2) is 3.86. The maximum Gasteiger partial charge on any atom is 0.140 e. The quantitative estimate of drug-likeness (QED) is 0.668. The third-order valence-corrected chi connectivity index (χ3v) is 2.48. The molecule has 1 aliphatic carbocycles. The number of hydrogen-bond donors (Lipinski definition) is 1. The minimum atomic E-state index is -0.614. The first kappa shape index (κ1) is 9.30. The van der Waals surface area contributed by atoms with Crippen LogP contribution in [-0.4, -0.2) is 5.11 Å². The maximum absolute atomic E-state index is 9.80. The highest BCUT2D eigenvalue weighted by molar-refractivity contribution is 5.32. The van der Waals surface area contributed by atoms with Crippen LogP contribution in [0.2, 0.25) is 0 Å². The van der Waals surface area contributed by atoms with Crippen molar-refractivity contribution in [2.75, 3.05) is 0 Å². The van der Waals surface area contributed by atoms with Crippen LogP contribution in [0.25, 0.3) is 0 Å². The van der Waals surface area contributed by atoms with Gasteiger partial charge in [-0.25, -0.2) is 0 Å². The highest BCUT2D eigenvalue weighted by Gasteiger charge is 2.18. The summed E-state index contributed by atoms with van der Waals surface area (Å²) in [7, 11) is 0. The van der Waals surface area contributed by atoms with Crippen molar-refractivity contribution in [1.29, 1.82) is 0 Å². The van der Waals surface area contributed by atoms with Gasteiger partial charge in [0.25, 0.3) is 0 Å². The van der Waals surface area contributed by atoms with Gasteiger partial charge in [-0.1, -0.05) is 36.1 Å². The molecule has 14 heavy (non-hydrogen) atoms. The molecule has 2 rings (SSSR count). The molecule has 1 fully saturated rings. The number of aliphatic hydroxyl groups is 1. The highest BCUT2D eigenvalue weighted by Crippen LogP contribution is 2.28. The molecule has 1 N–H and O–H groups in total. The highest BCUT2D eigenvalue weighted by atomic mass is 16.3. The molecule has 1 aromatic carbocycles. The van der Waals surface area contributed by atoms with Gasteiger partial charge in [0.1, 0.15) is 6.10 Å². The molecule has 1 saturated carbocycles. The van der Waals surface area contributed by atoms with E-state index in [1.54, 1.807) is 0 Å². The first-order chi connectivity index (χ1) is 6.77. The minimum absolute atomic E-state index is 0.550. The van der Waals surface area contributed by atoms with Crippen LogP contribution in [0.4, 0.5) is 0 Å². The van der Waals surface area contributed by atoms with Crippen LogP contribution in [0.5, 0.6) is 0 Å². The summed E-state index contributed by atoms with van der Waals surface area (Å²) in [5.74, 6) is 6.54. The summed E-state index contributed by atoms with van der Waals surface area (Å²) >= 11 is 0. The van der Waals surface area contributed by atoms with Crippen LogP contribution in [0, 0.1) is 24.7 Å². The Bertz CT molecular complexity index is 380. The normalized spacial score (nSPS) is 17.0. The zero-order valence-electron chi connectivity index (χ0n) is 8.33. The summed E-state index contributed by atoms with van der Waals surface area (Å²) in [6.45, 7) is 2.00. The fourth-order valence-corrected chi connectivity index (χ4v) is 1.40. The van der Waals surface area contributed by atoms with Crippen LogP contribution < -0.4 is 0 Å². The lowest BCUT2D eigenvalue weighted by molar-refractivity contribution is 0.237. The molecule has 0 radical (unpaired) electrons. The predicted octanol–water partition coefficient (Wildman–Crippen LogP) is 2.44. The second-order valence-corrected chi connectivity index (χ2v) is 3.82. The van der Waals surface area contributed by atoms with Gasteiger partial charge < -0.3 is 5.11 Å². The van der Waals surface area contributed by atoms with E-state index >= 15 is 0 Å². The van der Waals surface area contributed by atoms with Gasteiger partial charge in [-0.3, -0.25) is 0 Å². The zero-order chi connectivity index (χ0) is 9.97. The Balaban J connectivity index is 2.14. The Hall–Kier alpha value is -1.26. The van der Waals surface area contributed by atoms with Gasteiger partial charge in [0.05, 0.1) is 0 Å². The molecule has 0 amide bonds. The van der Waals surface area contributed by atoms with Crippen molar-refractivity contribution < 1.29 is 5.11 Å². The molecule has 0 spiro atoms. The van der Waals surface area contributed by atoms with Crippen molar-refractivity contribution in [2.45, 2.75) is 25.9 Å². The third kappa shape index (κ3) is 2.16. The van der Waals surface area contributed by atoms with Crippen molar-refractivity contribution in [3.63, 3.8) is 0 Å². The molecule has 1 nitrogen and oxygen atoms in total. The lowest BCUT2D eigenvalue weighted by Gasteiger charge is -2.06. The monoisotopic (exact) mass is 186 g/mol. The molecule has 1 aromatic rings. The van der Waals surface area contributed by atoms with Crippen LogP contribution in [0.15, 0.2) is 24.3 Å². The molecule has 1 heteroatoms. The Morgan fingerprint density at radius 1 is 1.36 bits per heavy atom. The average molecular weight is 186 g/mol. The number of hydrogen-bond acceptors (Lipinski definition) is 1. The zero-order valence-corrected chi connectivity index (χ0v) is 8.33. The Morgan fingerprint density at radius 3 is 2.71 bits per heavy atom. The van der Waals surface area contributed by atoms with E-state index in [9.17, 15) is 5.11 Å². The van der Waals surface area contributed by atoms with E-state index in [0.717, 1.165) is 11.1 Å². The largest absolute Gasteiger partial charge is 0.376 e. The fraction of sp³-hybridized carbons (Fsp3) is 0.385. The molecular weight excluding hydrogens is 172 g/mol. The topological polar surface area (TPSA) is 20.2 Å². The van der Waals surface area contributed by atoms with E-state index in [1.165, 1.54) is 12.8 Å². The molecule has 1 aliphatic rings. The van der Waals surface area contributed by atoms with E-state index in [-0.39, 0.29) is 0 Å². The number of rotatable bonds is 1. The van der Waals surface area contributed by atoms with Crippen LogP contribution in [0.1, 0.15) is 30.1 Å². The van der Waals surface area contributed by atoms with Crippen LogP contribution >= 0.6 is 0 Å². The first-order valence-electron chi connectivity index (χ1n) is 5.02. The molecular formula is C13H14O. The number of benzene rings is 1. The van der Waals surface area contributed by atoms with E-state index in [2.05, 4.69) is 11.8 Å². The van der Waals surface area contributed by atoms with Crippen molar-refractivity contribution >= 4 is 0 Å². The molecule has 0 unspecified atom stereocenters. The Morgan fingerprint density at radius 2 is 2.07 bits per heavy atom. The molecule has 0 heterocycles. The molecule has 0 bridgehead atoms. The summed E-state index contributed by atoms with van der Waals surface area (Å²) < 4.78 is 0. The summed E-state index contributed by atoms with van der Waals surface area (Å²) in [5.41, 5.74) is 2.03. The average Bonchev–Trinajstić information content (AvgIpc) is 2.98. The van der Waals surface area contributed by atoms with Crippen LogP contribution in [-0.2, 0) is 0 Å². The summed E-state index contributed by atoms with van der Waals surface area (Å²) in [4.78, 5) is 0. The standard InChI is InChI=1S/C13H14O/c1-10-4-2-3-5-12(10)13(14)9-8-11-6-7-11/h2-5,11,13-14H,6-7H2,1H3/t13-/m1/s1. The third-order valence-electron chi connectivity index (χ3n) is 2.48. The molecule has 0 aliphatic heterocycles. The van der Waals surface area contributed by atoms with Gasteiger partial charge >= 0.3 is 0 Å². The van der Waals surface area contributed by atoms with Crippen molar-refractivity contribution in [2.24, 2.45) is 5.92 Å². The molecule has 1 atom stereocenters. The summed E-state index contributed by atoms with van der Waals surface area (Å²) in [5, 5.41) is 9.80. The second-order valence-electron chi connectivity index (χ2n) is 3.82. The van der Waals surface area contributed by atoms with E-state index in [4.69, 9.17) is 0 Å². The van der Waals surface area contributed by atoms with Gasteiger partial charge in [-0.05, 0) is 30.9 Å². The van der Waals surface area contributed by atoms with Crippen molar-refractivity contribution in [3.8, 4) is 11.8 Å². The lowest BCUT2D eigenvalue weighted by Crippen LogP contribution is -1.96. The smallest absolute Gasteiger partial charge is 0.140 e. The number of aliphatic hydroxyl groups excluding tert-OH is 1. The maximum atomic E-state index is 9.80. The summed E-state index contributed by atoms with van der Waals surface area (Å²) in [6.07, 6.45) is 1.79. The van der Waals surface area contributed by atoms with Crippen molar-refractivity contribution in [3.05, 3.63) is 35.4 Å². The first-order valence-corrected chi connectivity index (χ1v) is 5.02. The van der Waals surface area contributed by atoms with Crippen LogP contribution in [0.3, 0.4) is 0 Å². The van der Waals surface area contributed by atoms with Gasteiger partial charge in [0.2, 0.25) is 0 Å². The lowest BCUT2D eigenvalue weighted by atomic mass is 10.0. The fourth-order valence-electron chi connectivity index (χ4n) is 1.40. The molecule has 72 valence electrons. The van der Waals surface area contributed by atoms with E-state index in [1.807, 2.05) is 31.2 Å². The predicted molar refractivity (Wildman–Crippen MR) is 56.6 cm³/mol. The number of aryl methyl sites for hydroxylation is 1. The van der Waals surface area contributed by atoms with E-state index in [0.29, 0.717) is 5.92 Å². The van der Waals surface area contributed by atoms with Gasteiger partial charge in [0, 0.05) is 5.92 Å².